The number of ether oxygens (including phenoxy) is 1. The van der Waals surface area contributed by atoms with E-state index < -0.39 is 12.1 Å². The molecule has 0 bridgehead atoms. The van der Waals surface area contributed by atoms with Crippen molar-refractivity contribution in [1.82, 2.24) is 5.32 Å². The van der Waals surface area contributed by atoms with Crippen molar-refractivity contribution in [3.05, 3.63) is 89.5 Å². The van der Waals surface area contributed by atoms with E-state index in [2.05, 4.69) is 12.2 Å². The molecule has 3 aromatic rings. The van der Waals surface area contributed by atoms with Gasteiger partial charge in [-0.2, -0.15) is 0 Å². The number of nitrogens with zero attached hydrogens (tertiary/aromatic N) is 1. The van der Waals surface area contributed by atoms with E-state index in [1.54, 1.807) is 31.2 Å². The van der Waals surface area contributed by atoms with Crippen molar-refractivity contribution in [2.75, 3.05) is 4.90 Å². The quantitative estimate of drug-likeness (QED) is 0.448. The molecular weight excluding hydrogens is 468 g/mol. The van der Waals surface area contributed by atoms with E-state index >= 15 is 0 Å². The van der Waals surface area contributed by atoms with Crippen LogP contribution in [0.15, 0.2) is 72.8 Å². The molecule has 1 saturated carbocycles. The van der Waals surface area contributed by atoms with E-state index in [0.29, 0.717) is 5.92 Å². The Bertz CT molecular complexity index is 1320. The molecule has 1 aliphatic carbocycles. The van der Waals surface area contributed by atoms with Crippen molar-refractivity contribution in [1.29, 1.82) is 0 Å². The van der Waals surface area contributed by atoms with Crippen molar-refractivity contribution < 1.29 is 24.2 Å². The molecule has 1 heterocycles. The summed E-state index contributed by atoms with van der Waals surface area (Å²) < 4.78 is 5.54. The van der Waals surface area contributed by atoms with E-state index in [1.807, 2.05) is 53.4 Å². The van der Waals surface area contributed by atoms with Gasteiger partial charge in [-0.05, 0) is 65.3 Å². The number of carboxylic acid groups (broad SMARTS) is 1. The highest BCUT2D eigenvalue weighted by Crippen LogP contribution is 2.49. The first kappa shape index (κ1) is 24.6. The van der Waals surface area contributed by atoms with Crippen molar-refractivity contribution in [2.24, 2.45) is 11.8 Å². The Balaban J connectivity index is 1.49. The minimum atomic E-state index is -0.979. The van der Waals surface area contributed by atoms with Crippen LogP contribution >= 0.6 is 0 Å². The summed E-state index contributed by atoms with van der Waals surface area (Å²) >= 11 is 0. The summed E-state index contributed by atoms with van der Waals surface area (Å²) in [6.45, 7) is 3.84. The van der Waals surface area contributed by atoms with Gasteiger partial charge in [0.2, 0.25) is 5.91 Å². The van der Waals surface area contributed by atoms with Crippen molar-refractivity contribution >= 4 is 23.7 Å². The maximum Gasteiger partial charge on any atom is 0.407 e. The predicted octanol–water partition coefficient (Wildman–Crippen LogP) is 5.80. The Morgan fingerprint density at radius 1 is 0.973 bits per heavy atom. The van der Waals surface area contributed by atoms with Crippen LogP contribution in [0.3, 0.4) is 0 Å². The molecule has 0 spiro atoms. The summed E-state index contributed by atoms with van der Waals surface area (Å²) in [5.74, 6) is -0.626. The number of anilines is 1. The molecule has 3 aromatic carbocycles. The Morgan fingerprint density at radius 3 is 2.27 bits per heavy atom. The molecule has 2 N–H and O–H groups in total. The number of fused-ring (bicyclic) bond motifs is 1. The number of carboxylic acids is 1. The highest BCUT2D eigenvalue weighted by molar-refractivity contribution is 5.95. The number of benzene rings is 3. The summed E-state index contributed by atoms with van der Waals surface area (Å²) in [5, 5.41) is 12.3. The van der Waals surface area contributed by atoms with Crippen LogP contribution in [-0.4, -0.2) is 29.1 Å². The molecule has 2 amide bonds. The summed E-state index contributed by atoms with van der Waals surface area (Å²) in [7, 11) is 0. The fraction of sp³-hybridized carbons (Fsp3) is 0.300. The van der Waals surface area contributed by atoms with Crippen LogP contribution in [0.1, 0.15) is 54.2 Å². The summed E-state index contributed by atoms with van der Waals surface area (Å²) in [5.41, 5.74) is 4.48. The van der Waals surface area contributed by atoms with Crippen molar-refractivity contribution in [3.63, 3.8) is 0 Å². The standard InChI is InChI=1S/C30H30N2O5/c1-18-27(31-30(36)37-17-20-6-4-3-5-7-20)25-16-24(21-8-12-23(13-9-21)29(34)35)14-15-26(25)32(19(2)33)28(18)22-10-11-22/h3-9,12-16,18,22,27-28H,10-11,17H2,1-2H3,(H,31,36)(H,34,35)/t18-,27-,28-/m1/s1. The van der Waals surface area contributed by atoms with Crippen LogP contribution in [0.5, 0.6) is 0 Å². The predicted molar refractivity (Wildman–Crippen MR) is 140 cm³/mol. The molecule has 0 unspecified atom stereocenters. The SMILES string of the molecule is CC(=O)N1c2ccc(-c3ccc(C(=O)O)cc3)cc2[C@H](NC(=O)OCc2ccccc2)[C@@H](C)[C@@H]1C1CC1. The minimum absolute atomic E-state index is 0.00914. The van der Waals surface area contributed by atoms with Crippen molar-refractivity contribution in [2.45, 2.75) is 45.4 Å². The van der Waals surface area contributed by atoms with E-state index in [9.17, 15) is 19.5 Å². The minimum Gasteiger partial charge on any atom is -0.478 e. The molecule has 3 atom stereocenters. The number of hydrogen-bond acceptors (Lipinski definition) is 4. The van der Waals surface area contributed by atoms with Crippen molar-refractivity contribution in [3.8, 4) is 11.1 Å². The molecule has 37 heavy (non-hydrogen) atoms. The van der Waals surface area contributed by atoms with Gasteiger partial charge in [0.1, 0.15) is 6.61 Å². The monoisotopic (exact) mass is 498 g/mol. The number of carbonyl (C=O) groups is 3. The molecule has 1 aliphatic heterocycles. The van der Waals surface area contributed by atoms with E-state index in [0.717, 1.165) is 40.8 Å². The average Bonchev–Trinajstić information content (AvgIpc) is 3.74. The van der Waals surface area contributed by atoms with Gasteiger partial charge in [0.25, 0.3) is 0 Å². The number of nitrogens with one attached hydrogen (secondary N) is 1. The number of aromatic carboxylic acids is 1. The lowest BCUT2D eigenvalue weighted by molar-refractivity contribution is -0.117. The molecule has 7 nitrogen and oxygen atoms in total. The molecule has 1 fully saturated rings. The molecular formula is C30H30N2O5. The van der Waals surface area contributed by atoms with Crippen LogP contribution in [0.4, 0.5) is 10.5 Å². The van der Waals surface area contributed by atoms with Gasteiger partial charge < -0.3 is 20.1 Å². The maximum absolute atomic E-state index is 12.9. The zero-order valence-electron chi connectivity index (χ0n) is 20.9. The first-order valence-electron chi connectivity index (χ1n) is 12.6. The van der Waals surface area contributed by atoms with Gasteiger partial charge in [0, 0.05) is 24.6 Å². The molecule has 5 rings (SSSR count). The van der Waals surface area contributed by atoms with Gasteiger partial charge >= 0.3 is 12.1 Å². The van der Waals surface area contributed by atoms with Gasteiger partial charge in [-0.15, -0.1) is 0 Å². The number of alkyl carbamates (subject to hydrolysis) is 1. The van der Waals surface area contributed by atoms with E-state index in [1.165, 1.54) is 0 Å². The Hall–Kier alpha value is -4.13. The fourth-order valence-electron chi connectivity index (χ4n) is 5.44. The first-order chi connectivity index (χ1) is 17.8. The van der Waals surface area contributed by atoms with Gasteiger partial charge in [-0.25, -0.2) is 9.59 Å². The topological polar surface area (TPSA) is 95.9 Å². The largest absolute Gasteiger partial charge is 0.478 e. The Labute approximate surface area is 216 Å². The van der Waals surface area contributed by atoms with Crippen LogP contribution in [-0.2, 0) is 16.1 Å². The second-order valence-corrected chi connectivity index (χ2v) is 9.92. The number of amides is 2. The summed E-state index contributed by atoms with van der Waals surface area (Å²) in [6, 6.07) is 21.7. The molecule has 190 valence electrons. The summed E-state index contributed by atoms with van der Waals surface area (Å²) in [6.07, 6.45) is 1.62. The van der Waals surface area contributed by atoms with Crippen LogP contribution in [0.25, 0.3) is 11.1 Å². The van der Waals surface area contributed by atoms with E-state index in [-0.39, 0.29) is 36.1 Å². The third kappa shape index (κ3) is 5.07. The lowest BCUT2D eigenvalue weighted by Gasteiger charge is -2.45. The van der Waals surface area contributed by atoms with Crippen LogP contribution < -0.4 is 10.2 Å². The average molecular weight is 499 g/mol. The second-order valence-electron chi connectivity index (χ2n) is 9.92. The smallest absolute Gasteiger partial charge is 0.407 e. The molecule has 0 saturated heterocycles. The Kier molecular flexibility index (Phi) is 6.70. The van der Waals surface area contributed by atoms with Crippen LogP contribution in [0.2, 0.25) is 0 Å². The number of hydrogen-bond donors (Lipinski definition) is 2. The zero-order valence-corrected chi connectivity index (χ0v) is 20.9. The maximum atomic E-state index is 12.9. The van der Waals surface area contributed by atoms with E-state index in [4.69, 9.17) is 4.74 Å². The molecule has 0 aromatic heterocycles. The van der Waals surface area contributed by atoms with Gasteiger partial charge in [-0.3, -0.25) is 4.79 Å². The second kappa shape index (κ2) is 10.1. The van der Waals surface area contributed by atoms with Crippen LogP contribution in [0, 0.1) is 11.8 Å². The third-order valence-corrected chi connectivity index (χ3v) is 7.38. The lowest BCUT2D eigenvalue weighted by Crippen LogP contribution is -2.53. The lowest BCUT2D eigenvalue weighted by atomic mass is 9.79. The van der Waals surface area contributed by atoms with Gasteiger partial charge in [0.05, 0.1) is 11.6 Å². The summed E-state index contributed by atoms with van der Waals surface area (Å²) in [4.78, 5) is 38.9. The number of rotatable bonds is 6. The normalized spacial score (nSPS) is 20.6. The number of carbonyl (C=O) groups excluding carboxylic acids is 2. The third-order valence-electron chi connectivity index (χ3n) is 7.38. The van der Waals surface area contributed by atoms with Gasteiger partial charge in [0.15, 0.2) is 0 Å². The molecule has 2 aliphatic rings. The first-order valence-corrected chi connectivity index (χ1v) is 12.6. The Morgan fingerprint density at radius 2 is 1.65 bits per heavy atom. The fourth-order valence-corrected chi connectivity index (χ4v) is 5.44. The highest BCUT2D eigenvalue weighted by Gasteiger charge is 2.48. The van der Waals surface area contributed by atoms with Gasteiger partial charge in [-0.1, -0.05) is 55.5 Å². The highest BCUT2D eigenvalue weighted by atomic mass is 16.5. The molecule has 0 radical (unpaired) electrons. The zero-order chi connectivity index (χ0) is 26.1. The molecule has 7 heteroatoms.